The fourth-order valence-electron chi connectivity index (χ4n) is 6.16. The van der Waals surface area contributed by atoms with Gasteiger partial charge in [0, 0.05) is 34.1 Å². The number of fused-ring (bicyclic) bond motifs is 6. The number of ether oxygens (including phenoxy) is 1. The van der Waals surface area contributed by atoms with E-state index in [9.17, 15) is 0 Å². The van der Waals surface area contributed by atoms with Crippen molar-refractivity contribution in [1.82, 2.24) is 4.98 Å². The number of pyridine rings is 1. The second kappa shape index (κ2) is 6.20. The molecule has 0 spiro atoms. The van der Waals surface area contributed by atoms with E-state index in [1.54, 1.807) is 0 Å². The van der Waals surface area contributed by atoms with Gasteiger partial charge >= 0.3 is 0 Å². The quantitative estimate of drug-likeness (QED) is 0.340. The Morgan fingerprint density at radius 3 is 2.39 bits per heavy atom. The van der Waals surface area contributed by atoms with Crippen molar-refractivity contribution < 1.29 is 4.74 Å². The molecule has 0 saturated heterocycles. The molecule has 0 radical (unpaired) electrons. The van der Waals surface area contributed by atoms with E-state index in [1.807, 2.05) is 18.3 Å². The topological polar surface area (TPSA) is 22.1 Å². The van der Waals surface area contributed by atoms with Crippen LogP contribution in [0.25, 0.3) is 22.0 Å². The fourth-order valence-corrected chi connectivity index (χ4v) is 6.16. The molecule has 0 saturated carbocycles. The van der Waals surface area contributed by atoms with E-state index >= 15 is 0 Å². The van der Waals surface area contributed by atoms with Crippen LogP contribution in [0.4, 0.5) is 0 Å². The molecule has 3 aromatic carbocycles. The van der Waals surface area contributed by atoms with Crippen LogP contribution in [0.1, 0.15) is 50.3 Å². The van der Waals surface area contributed by atoms with Gasteiger partial charge in [0.05, 0.1) is 5.69 Å². The van der Waals surface area contributed by atoms with Gasteiger partial charge in [-0.05, 0) is 40.1 Å². The van der Waals surface area contributed by atoms with Gasteiger partial charge in [0.25, 0.3) is 0 Å². The summed E-state index contributed by atoms with van der Waals surface area (Å²) >= 11 is 0. The molecule has 1 aromatic heterocycles. The number of aromatic nitrogens is 1. The molecule has 4 aromatic rings. The van der Waals surface area contributed by atoms with E-state index in [4.69, 9.17) is 4.74 Å². The first-order chi connectivity index (χ1) is 14.9. The van der Waals surface area contributed by atoms with Gasteiger partial charge in [-0.15, -0.1) is 0 Å². The molecule has 2 nitrogen and oxygen atoms in total. The summed E-state index contributed by atoms with van der Waals surface area (Å²) in [6, 6.07) is 26.0. The second-order valence-electron chi connectivity index (χ2n) is 10.1. The highest BCUT2D eigenvalue weighted by Crippen LogP contribution is 2.61. The molecule has 1 aliphatic heterocycles. The standard InChI is InChI=1S/C29H27NO/c1-28(2)22-16-15-18-10-5-6-11-19(18)24(22)29(3,4)27-25(28)21-13-9-12-20(26(21)31-27)23-14-7-8-17-30-23/h5-17,25,27H,1-4H3. The highest BCUT2D eigenvalue weighted by Gasteiger charge is 2.57. The summed E-state index contributed by atoms with van der Waals surface area (Å²) in [6.45, 7) is 9.49. The van der Waals surface area contributed by atoms with Crippen LogP contribution in [-0.2, 0) is 10.8 Å². The molecule has 2 atom stereocenters. The summed E-state index contributed by atoms with van der Waals surface area (Å²) in [6.07, 6.45) is 1.92. The highest BCUT2D eigenvalue weighted by atomic mass is 16.5. The molecular formula is C29H27NO. The maximum atomic E-state index is 6.91. The normalized spacial score (nSPS) is 22.3. The zero-order chi connectivity index (χ0) is 21.4. The zero-order valence-corrected chi connectivity index (χ0v) is 18.5. The summed E-state index contributed by atoms with van der Waals surface area (Å²) < 4.78 is 6.91. The van der Waals surface area contributed by atoms with Crippen LogP contribution >= 0.6 is 0 Å². The van der Waals surface area contributed by atoms with Crippen LogP contribution in [0.15, 0.2) is 79.0 Å². The molecule has 2 aliphatic rings. The smallest absolute Gasteiger partial charge is 0.132 e. The first-order valence-corrected chi connectivity index (χ1v) is 11.1. The molecule has 154 valence electrons. The van der Waals surface area contributed by atoms with E-state index in [1.165, 1.54) is 27.5 Å². The third-order valence-electron chi connectivity index (χ3n) is 7.63. The number of benzene rings is 3. The molecule has 31 heavy (non-hydrogen) atoms. The summed E-state index contributed by atoms with van der Waals surface area (Å²) in [7, 11) is 0. The lowest BCUT2D eigenvalue weighted by atomic mass is 9.54. The molecule has 6 rings (SSSR count). The monoisotopic (exact) mass is 405 g/mol. The average molecular weight is 406 g/mol. The molecule has 0 bridgehead atoms. The van der Waals surface area contributed by atoms with Crippen LogP contribution in [0, 0.1) is 0 Å². The van der Waals surface area contributed by atoms with Crippen molar-refractivity contribution in [1.29, 1.82) is 0 Å². The Morgan fingerprint density at radius 2 is 1.58 bits per heavy atom. The Hall–Kier alpha value is -3.13. The van der Waals surface area contributed by atoms with E-state index < -0.39 is 0 Å². The third kappa shape index (κ3) is 2.42. The summed E-state index contributed by atoms with van der Waals surface area (Å²) in [4.78, 5) is 4.62. The van der Waals surface area contributed by atoms with Gasteiger partial charge in [-0.1, -0.05) is 82.3 Å². The summed E-state index contributed by atoms with van der Waals surface area (Å²) in [5, 5.41) is 2.65. The Morgan fingerprint density at radius 1 is 0.774 bits per heavy atom. The van der Waals surface area contributed by atoms with E-state index in [0.717, 1.165) is 17.0 Å². The Labute approximate surface area is 183 Å². The maximum absolute atomic E-state index is 6.91. The Bertz CT molecular complexity index is 1320. The van der Waals surface area contributed by atoms with Gasteiger partial charge in [-0.2, -0.15) is 0 Å². The molecule has 2 heterocycles. The molecule has 0 amide bonds. The fraction of sp³-hybridized carbons (Fsp3) is 0.276. The lowest BCUT2D eigenvalue weighted by Crippen LogP contribution is -2.51. The van der Waals surface area contributed by atoms with Gasteiger partial charge in [0.1, 0.15) is 11.9 Å². The second-order valence-corrected chi connectivity index (χ2v) is 10.1. The minimum Gasteiger partial charge on any atom is -0.488 e. The zero-order valence-electron chi connectivity index (χ0n) is 18.5. The van der Waals surface area contributed by atoms with E-state index in [0.29, 0.717) is 0 Å². The number of rotatable bonds is 1. The van der Waals surface area contributed by atoms with Gasteiger partial charge < -0.3 is 4.74 Å². The summed E-state index contributed by atoms with van der Waals surface area (Å²) in [5.74, 6) is 1.30. The van der Waals surface area contributed by atoms with Crippen molar-refractivity contribution in [3.8, 4) is 17.0 Å². The number of hydrogen-bond donors (Lipinski definition) is 0. The van der Waals surface area contributed by atoms with Crippen molar-refractivity contribution in [2.75, 3.05) is 0 Å². The third-order valence-corrected chi connectivity index (χ3v) is 7.63. The first kappa shape index (κ1) is 18.6. The predicted octanol–water partition coefficient (Wildman–Crippen LogP) is 7.02. The highest BCUT2D eigenvalue weighted by molar-refractivity contribution is 5.89. The number of nitrogens with zero attached hydrogens (tertiary/aromatic N) is 1. The van der Waals surface area contributed by atoms with Crippen LogP contribution in [0.3, 0.4) is 0 Å². The Kier molecular flexibility index (Phi) is 3.72. The molecule has 2 heteroatoms. The minimum atomic E-state index is -0.128. The van der Waals surface area contributed by atoms with Gasteiger partial charge in [-0.3, -0.25) is 4.98 Å². The molecule has 1 aliphatic carbocycles. The van der Waals surface area contributed by atoms with Gasteiger partial charge in [-0.25, -0.2) is 0 Å². The minimum absolute atomic E-state index is 0.0481. The SMILES string of the molecule is CC1(C)c2c(ccc3ccccc23)C(C)(C)C2c3cccc(-c4ccccn4)c3OC21. The van der Waals surface area contributed by atoms with Crippen LogP contribution in [0.2, 0.25) is 0 Å². The van der Waals surface area contributed by atoms with E-state index in [2.05, 4.69) is 93.3 Å². The average Bonchev–Trinajstić information content (AvgIpc) is 3.20. The summed E-state index contributed by atoms with van der Waals surface area (Å²) in [5.41, 5.74) is 6.07. The van der Waals surface area contributed by atoms with Gasteiger partial charge in [0.15, 0.2) is 0 Å². The lowest BCUT2D eigenvalue weighted by Gasteiger charge is -2.50. The van der Waals surface area contributed by atoms with Crippen molar-refractivity contribution in [2.24, 2.45) is 0 Å². The first-order valence-electron chi connectivity index (χ1n) is 11.1. The van der Waals surface area contributed by atoms with Crippen LogP contribution < -0.4 is 4.74 Å². The van der Waals surface area contributed by atoms with Crippen molar-refractivity contribution >= 4 is 10.8 Å². The van der Waals surface area contributed by atoms with Crippen molar-refractivity contribution in [2.45, 2.75) is 50.5 Å². The molecule has 0 N–H and O–H groups in total. The van der Waals surface area contributed by atoms with Crippen LogP contribution in [-0.4, -0.2) is 11.1 Å². The maximum Gasteiger partial charge on any atom is 0.132 e. The van der Waals surface area contributed by atoms with E-state index in [-0.39, 0.29) is 22.9 Å². The lowest BCUT2D eigenvalue weighted by molar-refractivity contribution is 0.0855. The van der Waals surface area contributed by atoms with Crippen molar-refractivity contribution in [3.63, 3.8) is 0 Å². The molecule has 2 unspecified atom stereocenters. The molecular weight excluding hydrogens is 378 g/mol. The van der Waals surface area contributed by atoms with Crippen molar-refractivity contribution in [3.05, 3.63) is 95.7 Å². The van der Waals surface area contributed by atoms with Crippen LogP contribution in [0.5, 0.6) is 5.75 Å². The largest absolute Gasteiger partial charge is 0.488 e. The number of hydrogen-bond acceptors (Lipinski definition) is 2. The van der Waals surface area contributed by atoms with Gasteiger partial charge in [0.2, 0.25) is 0 Å². The Balaban J connectivity index is 1.61. The predicted molar refractivity (Wildman–Crippen MR) is 127 cm³/mol. The molecule has 0 fully saturated rings. The number of para-hydroxylation sites is 1.